The normalized spacial score (nSPS) is 20.0. The zero-order chi connectivity index (χ0) is 17.5. The number of hydrogen-bond donors (Lipinski definition) is 1. The molecule has 0 aromatic carbocycles. The molecule has 1 aliphatic rings. The molecule has 0 aromatic heterocycles. The van der Waals surface area contributed by atoms with Gasteiger partial charge in [-0.15, -0.1) is 0 Å². The first kappa shape index (κ1) is 19.7. The molecule has 2 atom stereocenters. The van der Waals surface area contributed by atoms with Crippen LogP contribution in [-0.4, -0.2) is 67.6 Å². The first-order valence-electron chi connectivity index (χ1n) is 8.19. The summed E-state index contributed by atoms with van der Waals surface area (Å²) in [6.45, 7) is 11.3. The quantitative estimate of drug-likeness (QED) is 0.745. The highest BCUT2D eigenvalue weighted by Crippen LogP contribution is 2.17. The van der Waals surface area contributed by atoms with E-state index in [4.69, 9.17) is 14.2 Å². The van der Waals surface area contributed by atoms with Gasteiger partial charge in [-0.1, -0.05) is 0 Å². The van der Waals surface area contributed by atoms with Crippen LogP contribution in [0.15, 0.2) is 0 Å². The molecule has 23 heavy (non-hydrogen) atoms. The highest BCUT2D eigenvalue weighted by atomic mass is 16.6. The molecule has 1 saturated heterocycles. The Morgan fingerprint density at radius 3 is 2.70 bits per heavy atom. The van der Waals surface area contributed by atoms with Crippen LogP contribution in [0.2, 0.25) is 0 Å². The van der Waals surface area contributed by atoms with Crippen molar-refractivity contribution < 1.29 is 23.8 Å². The zero-order valence-corrected chi connectivity index (χ0v) is 14.9. The molecule has 7 nitrogen and oxygen atoms in total. The van der Waals surface area contributed by atoms with Crippen LogP contribution < -0.4 is 5.32 Å². The summed E-state index contributed by atoms with van der Waals surface area (Å²) in [5.74, 6) is -0.275. The van der Waals surface area contributed by atoms with Crippen LogP contribution in [-0.2, 0) is 19.0 Å². The van der Waals surface area contributed by atoms with Gasteiger partial charge in [-0.05, 0) is 41.0 Å². The van der Waals surface area contributed by atoms with E-state index in [1.165, 1.54) is 0 Å². The van der Waals surface area contributed by atoms with Gasteiger partial charge in [0.2, 0.25) is 0 Å². The van der Waals surface area contributed by atoms with Crippen LogP contribution in [0, 0.1) is 0 Å². The third kappa shape index (κ3) is 7.65. The third-order valence-electron chi connectivity index (χ3n) is 3.38. The van der Waals surface area contributed by atoms with E-state index < -0.39 is 5.60 Å². The fraction of sp³-hybridized carbons (Fsp3) is 0.875. The lowest BCUT2D eigenvalue weighted by molar-refractivity contribution is -0.142. The largest absolute Gasteiger partial charge is 0.465 e. The van der Waals surface area contributed by atoms with Crippen molar-refractivity contribution in [3.05, 3.63) is 0 Å². The lowest BCUT2D eigenvalue weighted by atomic mass is 10.1. The lowest BCUT2D eigenvalue weighted by Crippen LogP contribution is -2.52. The molecule has 1 aliphatic heterocycles. The third-order valence-corrected chi connectivity index (χ3v) is 3.38. The van der Waals surface area contributed by atoms with Crippen LogP contribution in [0.3, 0.4) is 0 Å². The summed E-state index contributed by atoms with van der Waals surface area (Å²) in [6, 6.07) is -0.0145. The van der Waals surface area contributed by atoms with Crippen molar-refractivity contribution in [1.82, 2.24) is 10.2 Å². The van der Waals surface area contributed by atoms with E-state index in [-0.39, 0.29) is 30.7 Å². The van der Waals surface area contributed by atoms with Crippen LogP contribution in [0.5, 0.6) is 0 Å². The Morgan fingerprint density at radius 1 is 1.39 bits per heavy atom. The van der Waals surface area contributed by atoms with Gasteiger partial charge in [0, 0.05) is 12.6 Å². The first-order valence-corrected chi connectivity index (χ1v) is 8.19. The number of carbonyl (C=O) groups is 2. The van der Waals surface area contributed by atoms with Gasteiger partial charge in [0.15, 0.2) is 0 Å². The van der Waals surface area contributed by atoms with Gasteiger partial charge in [-0.3, -0.25) is 4.79 Å². The average Bonchev–Trinajstić information content (AvgIpc) is 2.44. The first-order chi connectivity index (χ1) is 10.7. The molecule has 1 amide bonds. The molecule has 7 heteroatoms. The van der Waals surface area contributed by atoms with Crippen LogP contribution >= 0.6 is 0 Å². The molecule has 0 radical (unpaired) electrons. The number of nitrogens with one attached hydrogen (secondary N) is 1. The smallest absolute Gasteiger partial charge is 0.410 e. The number of esters is 1. The standard InChI is InChI=1S/C16H30N2O5/c1-6-22-14(19)10-17-12(2)9-13-11-21-8-7-18(13)15(20)23-16(3,4)5/h12-13,17H,6-11H2,1-5H3. The number of morpholine rings is 1. The molecule has 0 aromatic rings. The molecule has 1 rings (SSSR count). The van der Waals surface area contributed by atoms with Gasteiger partial charge in [-0.2, -0.15) is 0 Å². The molecular weight excluding hydrogens is 300 g/mol. The van der Waals surface area contributed by atoms with Crippen LogP contribution in [0.1, 0.15) is 41.0 Å². The van der Waals surface area contributed by atoms with Gasteiger partial charge in [0.1, 0.15) is 5.60 Å². The Bertz CT molecular complexity index is 394. The summed E-state index contributed by atoms with van der Waals surface area (Å²) in [5.41, 5.74) is -0.520. The van der Waals surface area contributed by atoms with Crippen molar-refractivity contribution in [2.24, 2.45) is 0 Å². The number of amides is 1. The Labute approximate surface area is 138 Å². The second kappa shape index (κ2) is 9.08. The number of nitrogens with zero attached hydrogens (tertiary/aromatic N) is 1. The average molecular weight is 330 g/mol. The summed E-state index contributed by atoms with van der Waals surface area (Å²) >= 11 is 0. The van der Waals surface area contributed by atoms with Crippen LogP contribution in [0.25, 0.3) is 0 Å². The summed E-state index contributed by atoms with van der Waals surface area (Å²) in [4.78, 5) is 25.4. The fourth-order valence-electron chi connectivity index (χ4n) is 2.37. The molecule has 1 heterocycles. The molecule has 1 fully saturated rings. The van der Waals surface area contributed by atoms with Crippen molar-refractivity contribution in [3.8, 4) is 0 Å². The zero-order valence-electron chi connectivity index (χ0n) is 14.9. The number of carbonyl (C=O) groups excluding carboxylic acids is 2. The molecule has 0 spiro atoms. The Hall–Kier alpha value is -1.34. The van der Waals surface area contributed by atoms with Crippen molar-refractivity contribution in [2.45, 2.75) is 58.7 Å². The van der Waals surface area contributed by atoms with Crippen molar-refractivity contribution >= 4 is 12.1 Å². The second-order valence-corrected chi connectivity index (χ2v) is 6.73. The van der Waals surface area contributed by atoms with E-state index >= 15 is 0 Å². The molecular formula is C16H30N2O5. The van der Waals surface area contributed by atoms with Crippen molar-refractivity contribution in [1.29, 1.82) is 0 Å². The van der Waals surface area contributed by atoms with Gasteiger partial charge >= 0.3 is 12.1 Å². The van der Waals surface area contributed by atoms with Gasteiger partial charge in [0.05, 0.1) is 32.4 Å². The summed E-state index contributed by atoms with van der Waals surface area (Å²) in [5, 5.41) is 3.11. The number of hydrogen-bond acceptors (Lipinski definition) is 6. The Kier molecular flexibility index (Phi) is 7.78. The van der Waals surface area contributed by atoms with Gasteiger partial charge in [-0.25, -0.2) is 4.79 Å². The highest BCUT2D eigenvalue weighted by Gasteiger charge is 2.31. The van der Waals surface area contributed by atoms with Crippen molar-refractivity contribution in [3.63, 3.8) is 0 Å². The summed E-state index contributed by atoms with van der Waals surface area (Å²) < 4.78 is 15.8. The van der Waals surface area contributed by atoms with Crippen LogP contribution in [0.4, 0.5) is 4.79 Å². The van der Waals surface area contributed by atoms with E-state index in [9.17, 15) is 9.59 Å². The minimum atomic E-state index is -0.520. The molecule has 2 unspecified atom stereocenters. The summed E-state index contributed by atoms with van der Waals surface area (Å²) in [6.07, 6.45) is 0.363. The van der Waals surface area contributed by atoms with Crippen molar-refractivity contribution in [2.75, 3.05) is 32.9 Å². The second-order valence-electron chi connectivity index (χ2n) is 6.73. The Morgan fingerprint density at radius 2 is 2.09 bits per heavy atom. The highest BCUT2D eigenvalue weighted by molar-refractivity contribution is 5.71. The molecule has 0 saturated carbocycles. The maximum absolute atomic E-state index is 12.3. The fourth-order valence-corrected chi connectivity index (χ4v) is 2.37. The topological polar surface area (TPSA) is 77.1 Å². The molecule has 1 N–H and O–H groups in total. The van der Waals surface area contributed by atoms with Gasteiger partial charge in [0.25, 0.3) is 0 Å². The Balaban J connectivity index is 2.51. The molecule has 134 valence electrons. The monoisotopic (exact) mass is 330 g/mol. The van der Waals surface area contributed by atoms with E-state index in [1.807, 2.05) is 27.7 Å². The number of rotatable bonds is 6. The minimum Gasteiger partial charge on any atom is -0.465 e. The summed E-state index contributed by atoms with van der Waals surface area (Å²) in [7, 11) is 0. The predicted octanol–water partition coefficient (Wildman–Crippen LogP) is 1.55. The molecule has 0 aliphatic carbocycles. The lowest BCUT2D eigenvalue weighted by Gasteiger charge is -2.37. The van der Waals surface area contributed by atoms with E-state index in [0.29, 0.717) is 32.8 Å². The van der Waals surface area contributed by atoms with E-state index in [1.54, 1.807) is 11.8 Å². The molecule has 0 bridgehead atoms. The maximum atomic E-state index is 12.3. The van der Waals surface area contributed by atoms with E-state index in [0.717, 1.165) is 0 Å². The predicted molar refractivity (Wildman–Crippen MR) is 86.3 cm³/mol. The van der Waals surface area contributed by atoms with E-state index in [2.05, 4.69) is 5.32 Å². The maximum Gasteiger partial charge on any atom is 0.410 e. The SMILES string of the molecule is CCOC(=O)CNC(C)CC1COCCN1C(=O)OC(C)(C)C. The number of ether oxygens (including phenoxy) is 3. The van der Waals surface area contributed by atoms with Gasteiger partial charge < -0.3 is 24.4 Å². The minimum absolute atomic E-state index is 0.0519.